The topological polar surface area (TPSA) is 77.6 Å². The van der Waals surface area contributed by atoms with Gasteiger partial charge in [0.25, 0.3) is 5.91 Å². The first-order chi connectivity index (χ1) is 20.7. The van der Waals surface area contributed by atoms with Crippen LogP contribution in [0.4, 0.5) is 20.2 Å². The third-order valence-electron chi connectivity index (χ3n) is 8.73. The molecule has 0 aliphatic carbocycles. The Bertz CT molecular complexity index is 1600. The van der Waals surface area contributed by atoms with E-state index in [4.69, 9.17) is 5.26 Å². The fraction of sp³-hybridized carbons (Fsp3) is 0.382. The zero-order chi connectivity index (χ0) is 30.7. The number of nitrogens with zero attached hydrogens (tertiary/aromatic N) is 6. The van der Waals surface area contributed by atoms with Crippen molar-refractivity contribution in [2.45, 2.75) is 33.2 Å². The molecule has 3 aromatic carbocycles. The fourth-order valence-electron chi connectivity index (χ4n) is 6.23. The van der Waals surface area contributed by atoms with Gasteiger partial charge in [0.2, 0.25) is 0 Å². The van der Waals surface area contributed by atoms with Crippen LogP contribution >= 0.6 is 0 Å². The average molecular weight is 583 g/mol. The summed E-state index contributed by atoms with van der Waals surface area (Å²) in [5.41, 5.74) is 5.39. The second-order valence-electron chi connectivity index (χ2n) is 11.5. The predicted molar refractivity (Wildman–Crippen MR) is 163 cm³/mol. The van der Waals surface area contributed by atoms with Crippen LogP contribution in [0, 0.1) is 48.1 Å². The molecule has 0 spiro atoms. The number of para-hydroxylation sites is 1. The van der Waals surface area contributed by atoms with Gasteiger partial charge in [-0.3, -0.25) is 9.69 Å². The molecule has 2 saturated heterocycles. The van der Waals surface area contributed by atoms with Gasteiger partial charge in [0.15, 0.2) is 0 Å². The highest BCUT2D eigenvalue weighted by molar-refractivity contribution is 5.96. The number of halogens is 2. The summed E-state index contributed by atoms with van der Waals surface area (Å²) in [5.74, 6) is -1.45. The minimum atomic E-state index is -0.751. The van der Waals surface area contributed by atoms with Crippen LogP contribution in [0.1, 0.15) is 45.1 Å². The minimum Gasteiger partial charge on any atom is -0.368 e. The molecule has 1 amide bonds. The lowest BCUT2D eigenvalue weighted by Crippen LogP contribution is -2.54. The number of carbonyl (C=O) groups excluding carboxylic acids is 1. The molecule has 0 saturated carbocycles. The third kappa shape index (κ3) is 6.33. The van der Waals surface area contributed by atoms with Gasteiger partial charge in [-0.1, -0.05) is 18.2 Å². The Morgan fingerprint density at radius 3 is 2.23 bits per heavy atom. The van der Waals surface area contributed by atoms with Gasteiger partial charge in [-0.15, -0.1) is 0 Å². The van der Waals surface area contributed by atoms with Crippen LogP contribution in [0.3, 0.4) is 0 Å². The van der Waals surface area contributed by atoms with Gasteiger partial charge in [-0.05, 0) is 68.1 Å². The number of rotatable bonds is 6. The molecule has 2 aliphatic rings. The maximum atomic E-state index is 14.7. The molecule has 1 atom stereocenters. The van der Waals surface area contributed by atoms with Crippen molar-refractivity contribution in [1.29, 1.82) is 10.5 Å². The van der Waals surface area contributed by atoms with E-state index in [-0.39, 0.29) is 23.2 Å². The van der Waals surface area contributed by atoms with E-state index in [0.717, 1.165) is 73.7 Å². The zero-order valence-electron chi connectivity index (χ0n) is 24.9. The summed E-state index contributed by atoms with van der Waals surface area (Å²) >= 11 is 0. The van der Waals surface area contributed by atoms with Crippen molar-refractivity contribution in [2.24, 2.45) is 0 Å². The van der Waals surface area contributed by atoms with E-state index < -0.39 is 11.6 Å². The molecule has 7 nitrogen and oxygen atoms in total. The van der Waals surface area contributed by atoms with Gasteiger partial charge in [0, 0.05) is 70.0 Å². The lowest BCUT2D eigenvalue weighted by atomic mass is 9.96. The Morgan fingerprint density at radius 1 is 0.837 bits per heavy atom. The molecule has 0 N–H and O–H groups in total. The summed E-state index contributed by atoms with van der Waals surface area (Å²) in [6.45, 7) is 11.5. The van der Waals surface area contributed by atoms with Crippen LogP contribution in [0.5, 0.6) is 0 Å². The molecule has 0 radical (unpaired) electrons. The molecule has 5 rings (SSSR count). The number of piperazine rings is 2. The van der Waals surface area contributed by atoms with Gasteiger partial charge < -0.3 is 14.7 Å². The van der Waals surface area contributed by atoms with Crippen molar-refractivity contribution in [3.05, 3.63) is 93.5 Å². The van der Waals surface area contributed by atoms with E-state index in [1.807, 2.05) is 49.1 Å². The standard InChI is InChI=1S/C34H36F2N6O/c1-23-16-24(2)29(17-26(23)8-9-39-10-12-40(13-11-39)32-7-5-4-6-27(32)20-37)34(43)42-15-14-41(22-25(42)3)33-19-30(35)28(21-38)18-31(33)36/h4-7,16-19,25H,8-15,22H2,1-3H3/t25-/m0/s1. The SMILES string of the molecule is Cc1cc(C)c(C(=O)N2CCN(c3cc(F)c(C#N)cc3F)C[C@@H]2C)cc1CCN1CCN(c2ccccc2C#N)CC1. The summed E-state index contributed by atoms with van der Waals surface area (Å²) < 4.78 is 28.9. The predicted octanol–water partition coefficient (Wildman–Crippen LogP) is 5.04. The number of benzene rings is 3. The highest BCUT2D eigenvalue weighted by atomic mass is 19.1. The smallest absolute Gasteiger partial charge is 0.254 e. The Balaban J connectivity index is 1.22. The normalized spacial score (nSPS) is 17.5. The number of nitriles is 2. The van der Waals surface area contributed by atoms with E-state index in [1.165, 1.54) is 0 Å². The second kappa shape index (κ2) is 12.8. The molecule has 2 heterocycles. The molecule has 2 aliphatic heterocycles. The Labute approximate surface area is 252 Å². The molecule has 0 aromatic heterocycles. The summed E-state index contributed by atoms with van der Waals surface area (Å²) in [6, 6.07) is 17.6. The maximum Gasteiger partial charge on any atom is 0.254 e. The van der Waals surface area contributed by atoms with Crippen molar-refractivity contribution in [1.82, 2.24) is 9.80 Å². The van der Waals surface area contributed by atoms with Crippen LogP contribution in [0.2, 0.25) is 0 Å². The fourth-order valence-corrected chi connectivity index (χ4v) is 6.23. The van der Waals surface area contributed by atoms with E-state index in [9.17, 15) is 18.8 Å². The Kier molecular flexibility index (Phi) is 8.94. The van der Waals surface area contributed by atoms with Crippen LogP contribution in [0.25, 0.3) is 0 Å². The number of anilines is 2. The van der Waals surface area contributed by atoms with Gasteiger partial charge in [0.1, 0.15) is 23.8 Å². The molecule has 222 valence electrons. The first-order valence-electron chi connectivity index (χ1n) is 14.7. The van der Waals surface area contributed by atoms with Crippen LogP contribution in [-0.2, 0) is 6.42 Å². The van der Waals surface area contributed by atoms with E-state index in [2.05, 4.69) is 28.9 Å². The van der Waals surface area contributed by atoms with Gasteiger partial charge in [0.05, 0.1) is 22.5 Å². The Hall–Kier alpha value is -4.47. The summed E-state index contributed by atoms with van der Waals surface area (Å²) in [6.07, 6.45) is 0.827. The second-order valence-corrected chi connectivity index (χ2v) is 11.5. The largest absolute Gasteiger partial charge is 0.368 e. The van der Waals surface area contributed by atoms with Crippen molar-refractivity contribution >= 4 is 17.3 Å². The average Bonchev–Trinajstić information content (AvgIpc) is 3.01. The molecule has 2 fully saturated rings. The van der Waals surface area contributed by atoms with Gasteiger partial charge in [-0.25, -0.2) is 8.78 Å². The number of hydrogen-bond acceptors (Lipinski definition) is 6. The molecular formula is C34H36F2N6O. The third-order valence-corrected chi connectivity index (χ3v) is 8.73. The summed E-state index contributed by atoms with van der Waals surface area (Å²) in [5, 5.41) is 18.4. The van der Waals surface area contributed by atoms with Crippen molar-refractivity contribution in [3.63, 3.8) is 0 Å². The molecule has 3 aromatic rings. The number of amides is 1. The highest BCUT2D eigenvalue weighted by Gasteiger charge is 2.31. The van der Waals surface area contributed by atoms with E-state index in [1.54, 1.807) is 11.0 Å². The Morgan fingerprint density at radius 2 is 1.53 bits per heavy atom. The van der Waals surface area contributed by atoms with Crippen molar-refractivity contribution < 1.29 is 13.6 Å². The quantitative estimate of drug-likeness (QED) is 0.405. The van der Waals surface area contributed by atoms with Crippen LogP contribution in [-0.4, -0.2) is 74.1 Å². The summed E-state index contributed by atoms with van der Waals surface area (Å²) in [4.78, 5) is 22.0. The number of carbonyl (C=O) groups is 1. The van der Waals surface area contributed by atoms with E-state index in [0.29, 0.717) is 30.8 Å². The highest BCUT2D eigenvalue weighted by Crippen LogP contribution is 2.28. The molecule has 0 bridgehead atoms. The first-order valence-corrected chi connectivity index (χ1v) is 14.7. The van der Waals surface area contributed by atoms with Gasteiger partial charge in [-0.2, -0.15) is 10.5 Å². The maximum absolute atomic E-state index is 14.7. The molecular weight excluding hydrogens is 546 g/mol. The summed E-state index contributed by atoms with van der Waals surface area (Å²) in [7, 11) is 0. The number of aryl methyl sites for hydroxylation is 2. The minimum absolute atomic E-state index is 0.0536. The molecule has 43 heavy (non-hydrogen) atoms. The van der Waals surface area contributed by atoms with Crippen LogP contribution < -0.4 is 9.80 Å². The van der Waals surface area contributed by atoms with Crippen molar-refractivity contribution in [2.75, 3.05) is 62.2 Å². The molecule has 9 heteroatoms. The lowest BCUT2D eigenvalue weighted by Gasteiger charge is -2.41. The lowest BCUT2D eigenvalue weighted by molar-refractivity contribution is 0.0673. The van der Waals surface area contributed by atoms with Crippen molar-refractivity contribution in [3.8, 4) is 12.1 Å². The number of hydrogen-bond donors (Lipinski definition) is 0. The first kappa shape index (κ1) is 30.0. The monoisotopic (exact) mass is 582 g/mol. The van der Waals surface area contributed by atoms with Crippen LogP contribution in [0.15, 0.2) is 48.5 Å². The van der Waals surface area contributed by atoms with Gasteiger partial charge >= 0.3 is 0 Å². The molecule has 0 unspecified atom stereocenters. The van der Waals surface area contributed by atoms with E-state index >= 15 is 0 Å². The zero-order valence-corrected chi connectivity index (χ0v) is 24.9.